The first-order valence-electron chi connectivity index (χ1n) is 11.4. The van der Waals surface area contributed by atoms with Gasteiger partial charge in [0.25, 0.3) is 0 Å². The van der Waals surface area contributed by atoms with Crippen LogP contribution in [0.1, 0.15) is 52.2 Å². The molecule has 7 heteroatoms. The number of aromatic nitrogens is 1. The van der Waals surface area contributed by atoms with E-state index in [0.717, 1.165) is 46.5 Å². The monoisotopic (exact) mass is 453 g/mol. The van der Waals surface area contributed by atoms with E-state index < -0.39 is 5.41 Å². The minimum absolute atomic E-state index is 0.0381. The van der Waals surface area contributed by atoms with Crippen molar-refractivity contribution in [2.45, 2.75) is 19.3 Å². The SMILES string of the molecule is CN/C=C(\C=N)c1cc2c(cc1N1CCOCC1)C(C)(C)c1[nH]c3cc(C#N)ccc3c1C2=O. The minimum atomic E-state index is -0.457. The quantitative estimate of drug-likeness (QED) is 0.519. The second-order valence-corrected chi connectivity index (χ2v) is 9.25. The second-order valence-electron chi connectivity index (χ2n) is 9.25. The molecular formula is C27H27N5O2. The Morgan fingerprint density at radius 3 is 2.71 bits per heavy atom. The zero-order chi connectivity index (χ0) is 24.0. The van der Waals surface area contributed by atoms with Crippen molar-refractivity contribution in [3.8, 4) is 6.07 Å². The highest BCUT2D eigenvalue weighted by molar-refractivity contribution is 6.21. The van der Waals surface area contributed by atoms with Crippen molar-refractivity contribution in [1.82, 2.24) is 10.3 Å². The molecule has 0 radical (unpaired) electrons. The highest BCUT2D eigenvalue weighted by Crippen LogP contribution is 2.46. The fourth-order valence-electron chi connectivity index (χ4n) is 5.18. The van der Waals surface area contributed by atoms with E-state index in [1.165, 1.54) is 6.21 Å². The van der Waals surface area contributed by atoms with Gasteiger partial charge in [-0.15, -0.1) is 0 Å². The van der Waals surface area contributed by atoms with Crippen LogP contribution in [-0.2, 0) is 10.2 Å². The first kappa shape index (κ1) is 21.9. The van der Waals surface area contributed by atoms with Crippen molar-refractivity contribution < 1.29 is 9.53 Å². The lowest BCUT2D eigenvalue weighted by atomic mass is 9.70. The smallest absolute Gasteiger partial charge is 0.195 e. The number of ether oxygens (including phenoxy) is 1. The van der Waals surface area contributed by atoms with E-state index in [2.05, 4.69) is 41.2 Å². The Kier molecular flexibility index (Phi) is 5.26. The van der Waals surface area contributed by atoms with E-state index in [1.54, 1.807) is 25.4 Å². The number of allylic oxidation sites excluding steroid dienone is 1. The van der Waals surface area contributed by atoms with Crippen molar-refractivity contribution in [1.29, 1.82) is 10.7 Å². The summed E-state index contributed by atoms with van der Waals surface area (Å²) in [6, 6.07) is 11.7. The summed E-state index contributed by atoms with van der Waals surface area (Å²) < 4.78 is 5.57. The molecule has 3 aromatic rings. The number of nitrogens with one attached hydrogen (secondary N) is 3. The first-order valence-corrected chi connectivity index (χ1v) is 11.4. The fraction of sp³-hybridized carbons (Fsp3) is 0.296. The van der Waals surface area contributed by atoms with E-state index >= 15 is 0 Å². The lowest BCUT2D eigenvalue weighted by molar-refractivity contribution is 0.103. The number of ketones is 1. The van der Waals surface area contributed by atoms with Gasteiger partial charge in [-0.05, 0) is 29.8 Å². The molecular weight excluding hydrogens is 426 g/mol. The van der Waals surface area contributed by atoms with Crippen molar-refractivity contribution in [3.63, 3.8) is 0 Å². The molecule has 0 spiro atoms. The zero-order valence-corrected chi connectivity index (χ0v) is 19.6. The number of nitriles is 1. The van der Waals surface area contributed by atoms with Crippen LogP contribution in [0, 0.1) is 16.7 Å². The van der Waals surface area contributed by atoms with Crippen molar-refractivity contribution in [2.24, 2.45) is 0 Å². The van der Waals surface area contributed by atoms with Crippen LogP contribution in [0.25, 0.3) is 16.5 Å². The molecule has 7 nitrogen and oxygen atoms in total. The van der Waals surface area contributed by atoms with Crippen LogP contribution in [0.4, 0.5) is 5.69 Å². The van der Waals surface area contributed by atoms with E-state index in [4.69, 9.17) is 10.1 Å². The van der Waals surface area contributed by atoms with Gasteiger partial charge in [-0.25, -0.2) is 0 Å². The highest BCUT2D eigenvalue weighted by atomic mass is 16.5. The molecule has 1 aromatic heterocycles. The molecule has 0 bridgehead atoms. The average Bonchev–Trinajstić information content (AvgIpc) is 3.26. The van der Waals surface area contributed by atoms with E-state index in [-0.39, 0.29) is 5.78 Å². The van der Waals surface area contributed by atoms with Gasteiger partial charge in [0.15, 0.2) is 5.78 Å². The number of morpholine rings is 1. The Hall–Kier alpha value is -3.89. The van der Waals surface area contributed by atoms with Gasteiger partial charge >= 0.3 is 0 Å². The number of carbonyl (C=O) groups excluding carboxylic acids is 1. The van der Waals surface area contributed by atoms with Gasteiger partial charge in [-0.1, -0.05) is 19.9 Å². The van der Waals surface area contributed by atoms with Crippen LogP contribution in [0.3, 0.4) is 0 Å². The molecule has 2 heterocycles. The Labute approximate surface area is 198 Å². The van der Waals surface area contributed by atoms with E-state index in [9.17, 15) is 10.1 Å². The molecule has 0 amide bonds. The first-order chi connectivity index (χ1) is 16.4. The number of rotatable bonds is 4. The second kappa shape index (κ2) is 8.15. The van der Waals surface area contributed by atoms with E-state index in [1.807, 2.05) is 12.1 Å². The van der Waals surface area contributed by atoms with Crippen LogP contribution in [0.2, 0.25) is 0 Å². The predicted molar refractivity (Wildman–Crippen MR) is 134 cm³/mol. The standard InChI is InChI=1S/C27H27N5O2/c1-27(2)21-12-23(32-6-8-34-9-7-32)19(17(14-29)15-30-3)11-20(21)25(33)24-18-5-4-16(13-28)10-22(18)31-26(24)27/h4-5,10-12,14-15,29-31H,6-9H2,1-3H3/b17-15+,29-14?. The largest absolute Gasteiger partial charge is 0.393 e. The fourth-order valence-corrected chi connectivity index (χ4v) is 5.18. The van der Waals surface area contributed by atoms with Gasteiger partial charge in [0.1, 0.15) is 0 Å². The van der Waals surface area contributed by atoms with Crippen LogP contribution in [0.15, 0.2) is 36.5 Å². The number of aromatic amines is 1. The number of hydrogen-bond acceptors (Lipinski definition) is 6. The van der Waals surface area contributed by atoms with Crippen LogP contribution >= 0.6 is 0 Å². The summed E-state index contributed by atoms with van der Waals surface area (Å²) >= 11 is 0. The molecule has 1 saturated heterocycles. The summed E-state index contributed by atoms with van der Waals surface area (Å²) in [5.74, 6) is -0.0381. The summed E-state index contributed by atoms with van der Waals surface area (Å²) in [5, 5.41) is 21.2. The maximum absolute atomic E-state index is 13.9. The Bertz CT molecular complexity index is 1400. The molecule has 1 fully saturated rings. The maximum Gasteiger partial charge on any atom is 0.195 e. The third-order valence-electron chi connectivity index (χ3n) is 6.95. The Morgan fingerprint density at radius 2 is 2.03 bits per heavy atom. The zero-order valence-electron chi connectivity index (χ0n) is 19.6. The predicted octanol–water partition coefficient (Wildman–Crippen LogP) is 3.96. The summed E-state index contributed by atoms with van der Waals surface area (Å²) in [6.07, 6.45) is 3.11. The number of benzene rings is 2. The molecule has 2 aliphatic rings. The lowest BCUT2D eigenvalue weighted by Crippen LogP contribution is -2.38. The number of carbonyl (C=O) groups is 1. The van der Waals surface area contributed by atoms with Gasteiger partial charge in [0.05, 0.1) is 30.4 Å². The topological polar surface area (TPSA) is 105 Å². The number of fused-ring (bicyclic) bond motifs is 4. The number of nitrogens with zero attached hydrogens (tertiary/aromatic N) is 2. The molecule has 172 valence electrons. The molecule has 2 aromatic carbocycles. The van der Waals surface area contributed by atoms with Crippen molar-refractivity contribution >= 4 is 34.2 Å². The number of hydrogen-bond donors (Lipinski definition) is 3. The average molecular weight is 454 g/mol. The van der Waals surface area contributed by atoms with Gasteiger partial charge < -0.3 is 25.3 Å². The van der Waals surface area contributed by atoms with Gasteiger partial charge in [-0.2, -0.15) is 5.26 Å². The number of anilines is 1. The third-order valence-corrected chi connectivity index (χ3v) is 6.95. The van der Waals surface area contributed by atoms with Crippen LogP contribution in [-0.4, -0.2) is 50.3 Å². The molecule has 0 saturated carbocycles. The normalized spacial score (nSPS) is 17.2. The summed E-state index contributed by atoms with van der Waals surface area (Å²) in [5.41, 5.74) is 6.59. The Morgan fingerprint density at radius 1 is 1.26 bits per heavy atom. The summed E-state index contributed by atoms with van der Waals surface area (Å²) in [7, 11) is 1.80. The summed E-state index contributed by atoms with van der Waals surface area (Å²) in [4.78, 5) is 19.7. The molecule has 1 aliphatic heterocycles. The highest BCUT2D eigenvalue weighted by Gasteiger charge is 2.40. The molecule has 3 N–H and O–H groups in total. The number of H-pyrrole nitrogens is 1. The van der Waals surface area contributed by atoms with Crippen LogP contribution in [0.5, 0.6) is 0 Å². The maximum atomic E-state index is 13.9. The van der Waals surface area contributed by atoms with Crippen molar-refractivity contribution in [3.05, 3.63) is 70.0 Å². The minimum Gasteiger partial charge on any atom is -0.393 e. The Balaban J connectivity index is 1.78. The van der Waals surface area contributed by atoms with Gasteiger partial charge in [0, 0.05) is 77.0 Å². The van der Waals surface area contributed by atoms with Gasteiger partial charge in [-0.3, -0.25) is 4.79 Å². The van der Waals surface area contributed by atoms with E-state index in [0.29, 0.717) is 35.5 Å². The molecule has 0 unspecified atom stereocenters. The molecule has 1 aliphatic carbocycles. The third kappa shape index (κ3) is 3.22. The van der Waals surface area contributed by atoms with Gasteiger partial charge in [0.2, 0.25) is 0 Å². The molecule has 34 heavy (non-hydrogen) atoms. The molecule has 0 atom stereocenters. The lowest BCUT2D eigenvalue weighted by Gasteiger charge is -2.36. The molecule has 5 rings (SSSR count). The van der Waals surface area contributed by atoms with Crippen molar-refractivity contribution in [2.75, 3.05) is 38.3 Å². The summed E-state index contributed by atoms with van der Waals surface area (Å²) in [6.45, 7) is 7.03. The van der Waals surface area contributed by atoms with Crippen LogP contribution < -0.4 is 10.2 Å².